The van der Waals surface area contributed by atoms with Crippen LogP contribution in [0, 0.1) is 5.92 Å². The van der Waals surface area contributed by atoms with Gasteiger partial charge < -0.3 is 16.0 Å². The lowest BCUT2D eigenvalue weighted by molar-refractivity contribution is -0.143. The molecule has 1 heterocycles. The first kappa shape index (κ1) is 26.5. The van der Waals surface area contributed by atoms with Crippen LogP contribution in [0.25, 0.3) is 0 Å². The Morgan fingerprint density at radius 3 is 2.50 bits per heavy atom. The fraction of sp³-hybridized carbons (Fsp3) is 0.600. The van der Waals surface area contributed by atoms with E-state index in [0.717, 1.165) is 11.3 Å². The zero-order chi connectivity index (χ0) is 21.4. The fourth-order valence-electron chi connectivity index (χ4n) is 3.01. The Morgan fingerprint density at radius 1 is 1.27 bits per heavy atom. The van der Waals surface area contributed by atoms with Gasteiger partial charge >= 0.3 is 6.18 Å². The van der Waals surface area contributed by atoms with Gasteiger partial charge in [-0.3, -0.25) is 9.69 Å². The van der Waals surface area contributed by atoms with Gasteiger partial charge in [-0.05, 0) is 31.0 Å². The van der Waals surface area contributed by atoms with Gasteiger partial charge in [-0.1, -0.05) is 26.0 Å². The summed E-state index contributed by atoms with van der Waals surface area (Å²) in [5.41, 5.74) is 1.70. The van der Waals surface area contributed by atoms with Crippen molar-refractivity contribution in [2.75, 3.05) is 31.5 Å². The first-order valence-electron chi connectivity index (χ1n) is 9.90. The first-order chi connectivity index (χ1) is 13.7. The molecule has 1 fully saturated rings. The Kier molecular flexibility index (Phi) is 10.9. The number of hydrogen-bond acceptors (Lipinski definition) is 3. The molecule has 1 aliphatic heterocycles. The zero-order valence-electron chi connectivity index (χ0n) is 17.6. The lowest BCUT2D eigenvalue weighted by Gasteiger charge is -2.19. The van der Waals surface area contributed by atoms with E-state index in [-0.39, 0.29) is 41.8 Å². The van der Waals surface area contributed by atoms with Gasteiger partial charge in [-0.2, -0.15) is 13.2 Å². The molecule has 6 nitrogen and oxygen atoms in total. The van der Waals surface area contributed by atoms with Crippen molar-refractivity contribution in [3.63, 3.8) is 0 Å². The van der Waals surface area contributed by atoms with Gasteiger partial charge in [0.25, 0.3) is 0 Å². The second kappa shape index (κ2) is 12.3. The summed E-state index contributed by atoms with van der Waals surface area (Å²) in [5.74, 6) is 0.463. The number of nitrogens with one attached hydrogen (secondary N) is 3. The molecule has 1 aromatic rings. The van der Waals surface area contributed by atoms with Crippen molar-refractivity contribution in [2.24, 2.45) is 10.9 Å². The molecule has 1 unspecified atom stereocenters. The minimum atomic E-state index is -4.17. The Bertz CT molecular complexity index is 695. The molecule has 0 aromatic heterocycles. The van der Waals surface area contributed by atoms with Crippen LogP contribution in [0.5, 0.6) is 0 Å². The maximum atomic E-state index is 12.5. The molecule has 0 bridgehead atoms. The number of likely N-dealkylation sites (tertiary alicyclic amines) is 1. The van der Waals surface area contributed by atoms with Crippen molar-refractivity contribution >= 4 is 41.5 Å². The Hall–Kier alpha value is -1.56. The quantitative estimate of drug-likeness (QED) is 0.281. The van der Waals surface area contributed by atoms with Crippen LogP contribution in [0.2, 0.25) is 0 Å². The number of nitrogens with zero attached hydrogens (tertiary/aromatic N) is 2. The Balaban J connectivity index is 0.00000450. The van der Waals surface area contributed by atoms with Crippen LogP contribution in [0.3, 0.4) is 0 Å². The Morgan fingerprint density at radius 2 is 1.93 bits per heavy atom. The van der Waals surface area contributed by atoms with Crippen LogP contribution in [-0.4, -0.2) is 55.2 Å². The van der Waals surface area contributed by atoms with E-state index in [2.05, 4.69) is 20.9 Å². The summed E-state index contributed by atoms with van der Waals surface area (Å²) in [6.45, 7) is 6.57. The topological polar surface area (TPSA) is 68.8 Å². The summed E-state index contributed by atoms with van der Waals surface area (Å²) in [4.78, 5) is 17.7. The minimum Gasteiger partial charge on any atom is -0.357 e. The molecular formula is C20H31F3IN5O. The van der Waals surface area contributed by atoms with E-state index >= 15 is 0 Å². The van der Waals surface area contributed by atoms with Crippen molar-refractivity contribution in [1.82, 2.24) is 15.5 Å². The van der Waals surface area contributed by atoms with Gasteiger partial charge in [0.1, 0.15) is 0 Å². The van der Waals surface area contributed by atoms with Gasteiger partial charge in [0, 0.05) is 37.3 Å². The number of halogens is 4. The second-order valence-corrected chi connectivity index (χ2v) is 7.52. The zero-order valence-corrected chi connectivity index (χ0v) is 19.9. The summed E-state index contributed by atoms with van der Waals surface area (Å²) >= 11 is 0. The molecule has 1 atom stereocenters. The van der Waals surface area contributed by atoms with Crippen LogP contribution >= 0.6 is 24.0 Å². The van der Waals surface area contributed by atoms with Crippen LogP contribution in [0.1, 0.15) is 32.8 Å². The van der Waals surface area contributed by atoms with Gasteiger partial charge in [0.05, 0.1) is 13.1 Å². The standard InChI is InChI=1S/C20H30F3N5O.HI/c1-4-24-19(27-17-9-10-28(12-17)13-20(21,22)23)25-11-15-5-7-16(8-6-15)26-18(29)14(2)3;/h5-8,14,17H,4,9-13H2,1-3H3,(H,26,29)(H2,24,25,27);1H. The second-order valence-electron chi connectivity index (χ2n) is 7.52. The maximum absolute atomic E-state index is 12.5. The number of amides is 1. The molecule has 0 saturated carbocycles. The van der Waals surface area contributed by atoms with Crippen molar-refractivity contribution in [3.05, 3.63) is 29.8 Å². The average Bonchev–Trinajstić information content (AvgIpc) is 3.06. The molecule has 1 amide bonds. The van der Waals surface area contributed by atoms with E-state index in [0.29, 0.717) is 38.6 Å². The van der Waals surface area contributed by atoms with Crippen molar-refractivity contribution in [1.29, 1.82) is 0 Å². The summed E-state index contributed by atoms with van der Waals surface area (Å²) in [6.07, 6.45) is -3.53. The number of carbonyl (C=O) groups excluding carboxylic acids is 1. The first-order valence-corrected chi connectivity index (χ1v) is 9.90. The number of guanidine groups is 1. The highest BCUT2D eigenvalue weighted by molar-refractivity contribution is 14.0. The third-order valence-electron chi connectivity index (χ3n) is 4.53. The smallest absolute Gasteiger partial charge is 0.357 e. The number of carbonyl (C=O) groups is 1. The summed E-state index contributed by atoms with van der Waals surface area (Å²) < 4.78 is 37.6. The monoisotopic (exact) mass is 541 g/mol. The predicted octanol–water partition coefficient (Wildman–Crippen LogP) is 3.59. The van der Waals surface area contributed by atoms with Crippen molar-refractivity contribution in [2.45, 2.75) is 46.0 Å². The average molecular weight is 541 g/mol. The van der Waals surface area contributed by atoms with E-state index in [1.54, 1.807) is 0 Å². The minimum absolute atomic E-state index is 0. The van der Waals surface area contributed by atoms with Crippen LogP contribution < -0.4 is 16.0 Å². The number of benzene rings is 1. The number of rotatable bonds is 7. The molecule has 170 valence electrons. The molecule has 0 aliphatic carbocycles. The number of aliphatic imine (C=N–C) groups is 1. The lowest BCUT2D eigenvalue weighted by Crippen LogP contribution is -2.45. The van der Waals surface area contributed by atoms with Gasteiger partial charge in [0.2, 0.25) is 5.91 Å². The molecule has 3 N–H and O–H groups in total. The molecule has 1 aromatic carbocycles. The molecule has 0 spiro atoms. The van der Waals surface area contributed by atoms with E-state index in [1.807, 2.05) is 45.0 Å². The largest absolute Gasteiger partial charge is 0.401 e. The highest BCUT2D eigenvalue weighted by atomic mass is 127. The van der Waals surface area contributed by atoms with Crippen LogP contribution in [0.15, 0.2) is 29.3 Å². The molecule has 0 radical (unpaired) electrons. The summed E-state index contributed by atoms with van der Waals surface area (Å²) in [7, 11) is 0. The number of hydrogen-bond donors (Lipinski definition) is 3. The number of anilines is 1. The highest BCUT2D eigenvalue weighted by Crippen LogP contribution is 2.20. The SMILES string of the molecule is CCNC(=NCc1ccc(NC(=O)C(C)C)cc1)NC1CCN(CC(F)(F)F)C1.I. The highest BCUT2D eigenvalue weighted by Gasteiger charge is 2.34. The molecular weight excluding hydrogens is 510 g/mol. The Labute approximate surface area is 193 Å². The molecule has 30 heavy (non-hydrogen) atoms. The van der Waals surface area contributed by atoms with E-state index in [9.17, 15) is 18.0 Å². The van der Waals surface area contributed by atoms with Crippen molar-refractivity contribution < 1.29 is 18.0 Å². The van der Waals surface area contributed by atoms with E-state index in [4.69, 9.17) is 0 Å². The van der Waals surface area contributed by atoms with Gasteiger partial charge in [-0.15, -0.1) is 24.0 Å². The predicted molar refractivity (Wildman–Crippen MR) is 124 cm³/mol. The van der Waals surface area contributed by atoms with Crippen LogP contribution in [0.4, 0.5) is 18.9 Å². The summed E-state index contributed by atoms with van der Waals surface area (Å²) in [5, 5.41) is 9.20. The van der Waals surface area contributed by atoms with Crippen LogP contribution in [-0.2, 0) is 11.3 Å². The van der Waals surface area contributed by atoms with Gasteiger partial charge in [-0.25, -0.2) is 4.99 Å². The molecule has 1 saturated heterocycles. The third kappa shape index (κ3) is 9.50. The number of alkyl halides is 3. The van der Waals surface area contributed by atoms with E-state index < -0.39 is 12.7 Å². The van der Waals surface area contributed by atoms with Gasteiger partial charge in [0.15, 0.2) is 5.96 Å². The maximum Gasteiger partial charge on any atom is 0.401 e. The lowest BCUT2D eigenvalue weighted by atomic mass is 10.1. The normalized spacial score (nSPS) is 17.6. The molecule has 2 rings (SSSR count). The fourth-order valence-corrected chi connectivity index (χ4v) is 3.01. The molecule has 1 aliphatic rings. The summed E-state index contributed by atoms with van der Waals surface area (Å²) in [6, 6.07) is 7.38. The third-order valence-corrected chi connectivity index (χ3v) is 4.53. The van der Waals surface area contributed by atoms with E-state index in [1.165, 1.54) is 4.90 Å². The van der Waals surface area contributed by atoms with Crippen molar-refractivity contribution in [3.8, 4) is 0 Å². The molecule has 10 heteroatoms.